The second-order valence-electron chi connectivity index (χ2n) is 3.23. The van der Waals surface area contributed by atoms with Crippen molar-refractivity contribution >= 4 is 5.78 Å². The van der Waals surface area contributed by atoms with Gasteiger partial charge in [0.1, 0.15) is 5.78 Å². The van der Waals surface area contributed by atoms with E-state index >= 15 is 0 Å². The van der Waals surface area contributed by atoms with E-state index in [0.29, 0.717) is 5.78 Å². The van der Waals surface area contributed by atoms with Crippen molar-refractivity contribution in [3.05, 3.63) is 6.42 Å². The van der Waals surface area contributed by atoms with Gasteiger partial charge in [-0.2, -0.15) is 0 Å². The van der Waals surface area contributed by atoms with Crippen LogP contribution in [0.15, 0.2) is 0 Å². The monoisotopic (exact) mass is 124 g/mol. The van der Waals surface area contributed by atoms with Crippen LogP contribution in [0, 0.1) is 11.8 Å². The van der Waals surface area contributed by atoms with Crippen LogP contribution >= 0.6 is 0 Å². The van der Waals surface area contributed by atoms with Crippen molar-refractivity contribution in [1.29, 1.82) is 0 Å². The summed E-state index contributed by atoms with van der Waals surface area (Å²) in [7, 11) is 2.05. The Morgan fingerprint density at radius 2 is 2.33 bits per heavy atom. The van der Waals surface area contributed by atoms with E-state index in [1.807, 2.05) is 0 Å². The molecule has 0 bridgehead atoms. The summed E-state index contributed by atoms with van der Waals surface area (Å²) >= 11 is 0. The molecule has 2 rings (SSSR count). The predicted molar refractivity (Wildman–Crippen MR) is 33.9 cm³/mol. The maximum absolute atomic E-state index is 10.9. The summed E-state index contributed by atoms with van der Waals surface area (Å²) in [4.78, 5) is 13.1. The molecule has 0 aromatic heterocycles. The fraction of sp³-hybridized carbons (Fsp3) is 0.714. The molecule has 0 atom stereocenters. The van der Waals surface area contributed by atoms with Gasteiger partial charge in [0.25, 0.3) is 0 Å². The Bertz CT molecular complexity index is 158. The normalized spacial score (nSPS) is 31.9. The van der Waals surface area contributed by atoms with Crippen LogP contribution in [0.1, 0.15) is 6.42 Å². The topological polar surface area (TPSA) is 20.3 Å². The van der Waals surface area contributed by atoms with Gasteiger partial charge in [-0.15, -0.1) is 0 Å². The molecule has 9 heavy (non-hydrogen) atoms. The van der Waals surface area contributed by atoms with Gasteiger partial charge in [0, 0.05) is 19.5 Å². The number of carbonyl (C=O) groups is 1. The molecule has 1 heterocycles. The van der Waals surface area contributed by atoms with Crippen LogP contribution in [0.2, 0.25) is 0 Å². The Kier molecular flexibility index (Phi) is 0.826. The zero-order chi connectivity index (χ0) is 6.48. The molecule has 0 aromatic rings. The molecule has 1 aliphatic carbocycles. The lowest BCUT2D eigenvalue weighted by Crippen LogP contribution is -2.63. The maximum atomic E-state index is 10.9. The Morgan fingerprint density at radius 3 is 2.44 bits per heavy atom. The van der Waals surface area contributed by atoms with Gasteiger partial charge in [-0.3, -0.25) is 4.79 Å². The predicted octanol–water partition coefficient (Wildman–Crippen LogP) is 0.0953. The van der Waals surface area contributed by atoms with E-state index in [0.717, 1.165) is 19.5 Å². The van der Waals surface area contributed by atoms with Crippen LogP contribution in [-0.4, -0.2) is 30.8 Å². The number of ketones is 1. The third-order valence-corrected chi connectivity index (χ3v) is 2.35. The molecule has 2 aliphatic rings. The molecule has 0 aromatic carbocycles. The number of carbonyl (C=O) groups excluding carboxylic acids is 1. The van der Waals surface area contributed by atoms with E-state index in [4.69, 9.17) is 0 Å². The Morgan fingerprint density at radius 1 is 1.67 bits per heavy atom. The highest BCUT2D eigenvalue weighted by atomic mass is 16.1. The van der Waals surface area contributed by atoms with E-state index in [-0.39, 0.29) is 5.41 Å². The van der Waals surface area contributed by atoms with Crippen LogP contribution in [0.5, 0.6) is 0 Å². The average molecular weight is 124 g/mol. The van der Waals surface area contributed by atoms with Crippen molar-refractivity contribution in [2.24, 2.45) is 5.41 Å². The molecular weight excluding hydrogens is 114 g/mol. The first-order valence-corrected chi connectivity index (χ1v) is 3.29. The zero-order valence-electron chi connectivity index (χ0n) is 5.55. The SMILES string of the molecule is CN1CC2(C[CH]C2=O)C1. The van der Waals surface area contributed by atoms with Crippen LogP contribution in [0.4, 0.5) is 0 Å². The molecule has 1 aliphatic heterocycles. The minimum Gasteiger partial charge on any atom is -0.304 e. The molecule has 1 saturated carbocycles. The smallest absolute Gasteiger partial charge is 0.145 e. The summed E-state index contributed by atoms with van der Waals surface area (Å²) in [5.74, 6) is 0.376. The summed E-state index contributed by atoms with van der Waals surface area (Å²) in [6, 6.07) is 0. The fourth-order valence-electron chi connectivity index (χ4n) is 1.75. The lowest BCUT2D eigenvalue weighted by Gasteiger charge is -2.52. The van der Waals surface area contributed by atoms with Gasteiger partial charge in [0.2, 0.25) is 0 Å². The minimum absolute atomic E-state index is 0.106. The van der Waals surface area contributed by atoms with Crippen molar-refractivity contribution in [2.45, 2.75) is 6.42 Å². The number of hydrogen-bond donors (Lipinski definition) is 0. The van der Waals surface area contributed by atoms with Crippen molar-refractivity contribution in [1.82, 2.24) is 4.90 Å². The lowest BCUT2D eigenvalue weighted by molar-refractivity contribution is -0.143. The lowest BCUT2D eigenvalue weighted by atomic mass is 9.63. The van der Waals surface area contributed by atoms with E-state index in [1.54, 1.807) is 6.42 Å². The first kappa shape index (κ1) is 5.42. The minimum atomic E-state index is 0.106. The summed E-state index contributed by atoms with van der Waals surface area (Å²) in [6.07, 6.45) is 2.82. The number of Topliss-reactive ketones (excluding diaryl/α,β-unsaturated/α-hetero) is 1. The molecule has 2 nitrogen and oxygen atoms in total. The molecule has 0 amide bonds. The van der Waals surface area contributed by atoms with E-state index < -0.39 is 0 Å². The van der Waals surface area contributed by atoms with Crippen molar-refractivity contribution in [3.63, 3.8) is 0 Å². The summed E-state index contributed by atoms with van der Waals surface area (Å²) in [5, 5.41) is 0. The van der Waals surface area contributed by atoms with Crippen LogP contribution < -0.4 is 0 Å². The Labute approximate surface area is 54.8 Å². The number of likely N-dealkylation sites (tertiary alicyclic amines) is 1. The van der Waals surface area contributed by atoms with Gasteiger partial charge >= 0.3 is 0 Å². The summed E-state index contributed by atoms with van der Waals surface area (Å²) in [5.41, 5.74) is 0.106. The van der Waals surface area contributed by atoms with E-state index in [1.165, 1.54) is 0 Å². The maximum Gasteiger partial charge on any atom is 0.145 e. The molecule has 49 valence electrons. The van der Waals surface area contributed by atoms with Gasteiger partial charge in [0.05, 0.1) is 5.41 Å². The zero-order valence-corrected chi connectivity index (χ0v) is 5.55. The Balaban J connectivity index is 2.05. The highest BCUT2D eigenvalue weighted by molar-refractivity contribution is 6.00. The first-order valence-electron chi connectivity index (χ1n) is 3.29. The van der Waals surface area contributed by atoms with Gasteiger partial charge in [-0.25, -0.2) is 0 Å². The molecule has 2 heteroatoms. The third-order valence-electron chi connectivity index (χ3n) is 2.35. The molecule has 1 radical (unpaired) electrons. The number of rotatable bonds is 0. The molecule has 0 N–H and O–H groups in total. The van der Waals surface area contributed by atoms with Crippen molar-refractivity contribution < 1.29 is 4.79 Å². The van der Waals surface area contributed by atoms with Crippen molar-refractivity contribution in [3.8, 4) is 0 Å². The third kappa shape index (κ3) is 0.517. The molecular formula is C7H10NO. The highest BCUT2D eigenvalue weighted by Gasteiger charge is 2.53. The standard InChI is InChI=1S/C7H10NO/c1-8-4-7(5-8)3-2-6(7)9/h2H,3-5H2,1H3. The highest BCUT2D eigenvalue weighted by Crippen LogP contribution is 2.43. The van der Waals surface area contributed by atoms with Gasteiger partial charge in [-0.1, -0.05) is 0 Å². The molecule has 2 fully saturated rings. The average Bonchev–Trinajstić information content (AvgIpc) is 1.77. The van der Waals surface area contributed by atoms with Crippen LogP contribution in [0.25, 0.3) is 0 Å². The van der Waals surface area contributed by atoms with Gasteiger partial charge in [0.15, 0.2) is 0 Å². The van der Waals surface area contributed by atoms with Gasteiger partial charge < -0.3 is 4.90 Å². The van der Waals surface area contributed by atoms with Crippen LogP contribution in [0.3, 0.4) is 0 Å². The summed E-state index contributed by atoms with van der Waals surface area (Å²) in [6.45, 7) is 1.98. The molecule has 1 spiro atoms. The number of hydrogen-bond acceptors (Lipinski definition) is 2. The van der Waals surface area contributed by atoms with Gasteiger partial charge in [-0.05, 0) is 13.5 Å². The van der Waals surface area contributed by atoms with E-state index in [2.05, 4.69) is 11.9 Å². The summed E-state index contributed by atoms with van der Waals surface area (Å²) < 4.78 is 0. The fourth-order valence-corrected chi connectivity index (χ4v) is 1.75. The largest absolute Gasteiger partial charge is 0.304 e. The van der Waals surface area contributed by atoms with E-state index in [9.17, 15) is 4.79 Å². The van der Waals surface area contributed by atoms with Crippen LogP contribution in [-0.2, 0) is 4.79 Å². The second-order valence-corrected chi connectivity index (χ2v) is 3.23. The Hall–Kier alpha value is -0.370. The first-order chi connectivity index (χ1) is 4.23. The quantitative estimate of drug-likeness (QED) is 0.456. The molecule has 0 unspecified atom stereocenters. The number of nitrogens with zero attached hydrogens (tertiary/aromatic N) is 1. The molecule has 1 saturated heterocycles. The van der Waals surface area contributed by atoms with Crippen molar-refractivity contribution in [2.75, 3.05) is 20.1 Å². The second kappa shape index (κ2) is 1.37.